The second kappa shape index (κ2) is 8.54. The van der Waals surface area contributed by atoms with E-state index in [9.17, 15) is 13.2 Å². The summed E-state index contributed by atoms with van der Waals surface area (Å²) in [5.74, 6) is -1.78. The minimum atomic E-state index is -2.58. The first-order valence-corrected chi connectivity index (χ1v) is 10.6. The van der Waals surface area contributed by atoms with Gasteiger partial charge in [-0.2, -0.15) is 0 Å². The molecule has 4 nitrogen and oxygen atoms in total. The summed E-state index contributed by atoms with van der Waals surface area (Å²) in [7, 11) is 0. The van der Waals surface area contributed by atoms with Crippen molar-refractivity contribution in [2.45, 2.75) is 58.0 Å². The fourth-order valence-electron chi connectivity index (χ4n) is 3.84. The molecule has 1 aromatic carbocycles. The second-order valence-electron chi connectivity index (χ2n) is 8.12. The largest absolute Gasteiger partial charge is 0.487 e. The molecule has 1 fully saturated rings. The highest BCUT2D eigenvalue weighted by atomic mass is 35.5. The lowest BCUT2D eigenvalue weighted by Gasteiger charge is -2.26. The Morgan fingerprint density at radius 2 is 1.94 bits per heavy atom. The highest BCUT2D eigenvalue weighted by Gasteiger charge is 2.36. The molecule has 0 unspecified atom stereocenters. The monoisotopic (exact) mass is 449 g/mol. The molecule has 0 radical (unpaired) electrons. The lowest BCUT2D eigenvalue weighted by molar-refractivity contribution is -0.0387. The van der Waals surface area contributed by atoms with E-state index in [1.54, 1.807) is 19.2 Å². The predicted octanol–water partition coefficient (Wildman–Crippen LogP) is 6.75. The lowest BCUT2D eigenvalue weighted by atomic mass is 9.86. The Hall–Kier alpha value is -2.54. The quantitative estimate of drug-likeness (QED) is 0.468. The molecule has 4 rings (SSSR count). The molecule has 8 heteroatoms. The van der Waals surface area contributed by atoms with Gasteiger partial charge in [-0.25, -0.2) is 18.2 Å². The van der Waals surface area contributed by atoms with Gasteiger partial charge in [0, 0.05) is 30.5 Å². The number of H-pyrrole nitrogens is 1. The first-order chi connectivity index (χ1) is 14.7. The van der Waals surface area contributed by atoms with Crippen LogP contribution in [0, 0.1) is 19.7 Å². The molecular weight excluding hydrogens is 427 g/mol. The summed E-state index contributed by atoms with van der Waals surface area (Å²) < 4.78 is 46.6. The number of rotatable bonds is 5. The summed E-state index contributed by atoms with van der Waals surface area (Å²) >= 11 is 6.37. The number of imidazole rings is 1. The van der Waals surface area contributed by atoms with Gasteiger partial charge in [-0.3, -0.25) is 4.98 Å². The smallest absolute Gasteiger partial charge is 0.248 e. The second-order valence-corrected chi connectivity index (χ2v) is 8.50. The van der Waals surface area contributed by atoms with Crippen LogP contribution in [0.4, 0.5) is 13.2 Å². The predicted molar refractivity (Wildman–Crippen MR) is 113 cm³/mol. The van der Waals surface area contributed by atoms with Crippen molar-refractivity contribution in [3.63, 3.8) is 0 Å². The number of halogens is 4. The van der Waals surface area contributed by atoms with Crippen LogP contribution < -0.4 is 4.74 Å². The molecular formula is C23H23ClF3N3O. The minimum Gasteiger partial charge on any atom is -0.487 e. The van der Waals surface area contributed by atoms with Crippen molar-refractivity contribution in [1.82, 2.24) is 15.0 Å². The molecule has 1 aliphatic rings. The Kier molecular flexibility index (Phi) is 5.97. The number of nitrogens with one attached hydrogen (secondary N) is 1. The van der Waals surface area contributed by atoms with E-state index in [0.29, 0.717) is 35.3 Å². The van der Waals surface area contributed by atoms with Crippen molar-refractivity contribution in [1.29, 1.82) is 0 Å². The van der Waals surface area contributed by atoms with Gasteiger partial charge in [0.1, 0.15) is 40.5 Å². The number of nitrogens with zero attached hydrogens (tertiary/aromatic N) is 2. The zero-order valence-electron chi connectivity index (χ0n) is 17.3. The Balaban J connectivity index is 1.48. The van der Waals surface area contributed by atoms with Crippen LogP contribution in [0.15, 0.2) is 30.5 Å². The van der Waals surface area contributed by atoms with Gasteiger partial charge in [-0.1, -0.05) is 11.6 Å². The molecule has 2 heterocycles. The van der Waals surface area contributed by atoms with Crippen molar-refractivity contribution >= 4 is 11.6 Å². The zero-order chi connectivity index (χ0) is 22.2. The third-order valence-corrected chi connectivity index (χ3v) is 5.92. The third-order valence-electron chi connectivity index (χ3n) is 5.65. The normalized spacial score (nSPS) is 16.5. The van der Waals surface area contributed by atoms with E-state index in [0.717, 1.165) is 16.7 Å². The number of hydrogen-bond acceptors (Lipinski definition) is 3. The molecule has 0 bridgehead atoms. The van der Waals surface area contributed by atoms with Gasteiger partial charge in [0.15, 0.2) is 0 Å². The zero-order valence-corrected chi connectivity index (χ0v) is 18.1. The summed E-state index contributed by atoms with van der Waals surface area (Å²) in [5.41, 5.74) is 3.20. The van der Waals surface area contributed by atoms with Gasteiger partial charge in [-0.05, 0) is 62.1 Å². The maximum Gasteiger partial charge on any atom is 0.248 e. The number of aromatic nitrogens is 3. The molecule has 2 aromatic heterocycles. The molecule has 0 saturated heterocycles. The van der Waals surface area contributed by atoms with E-state index >= 15 is 0 Å². The van der Waals surface area contributed by atoms with Crippen LogP contribution in [0.2, 0.25) is 5.15 Å². The summed E-state index contributed by atoms with van der Waals surface area (Å²) in [6.07, 6.45) is 2.10. The van der Waals surface area contributed by atoms with Crippen molar-refractivity contribution in [3.8, 4) is 17.0 Å². The highest BCUT2D eigenvalue weighted by molar-refractivity contribution is 6.31. The first kappa shape index (κ1) is 21.7. The summed E-state index contributed by atoms with van der Waals surface area (Å²) in [6.45, 7) is 3.67. The minimum absolute atomic E-state index is 0.0198. The summed E-state index contributed by atoms with van der Waals surface area (Å²) in [4.78, 5) is 11.7. The molecule has 164 valence electrons. The number of benzene rings is 1. The van der Waals surface area contributed by atoms with Crippen LogP contribution in [0.25, 0.3) is 11.3 Å². The Bertz CT molecular complexity index is 1090. The molecule has 1 N–H and O–H groups in total. The highest BCUT2D eigenvalue weighted by Crippen LogP contribution is 2.41. The van der Waals surface area contributed by atoms with Crippen molar-refractivity contribution in [3.05, 3.63) is 64.1 Å². The van der Waals surface area contributed by atoms with E-state index in [-0.39, 0.29) is 31.1 Å². The fourth-order valence-corrected chi connectivity index (χ4v) is 4.09. The summed E-state index contributed by atoms with van der Waals surface area (Å²) in [6, 6.07) is 6.91. The van der Waals surface area contributed by atoms with Crippen LogP contribution in [0.1, 0.15) is 54.2 Å². The van der Waals surface area contributed by atoms with Gasteiger partial charge in [0.2, 0.25) is 5.92 Å². The van der Waals surface area contributed by atoms with E-state index in [2.05, 4.69) is 15.0 Å². The van der Waals surface area contributed by atoms with Crippen molar-refractivity contribution in [2.75, 3.05) is 0 Å². The molecule has 0 aliphatic heterocycles. The number of pyridine rings is 1. The van der Waals surface area contributed by atoms with Crippen LogP contribution >= 0.6 is 11.6 Å². The maximum absolute atomic E-state index is 14.0. The van der Waals surface area contributed by atoms with Crippen LogP contribution in [0.5, 0.6) is 5.75 Å². The van der Waals surface area contributed by atoms with Crippen LogP contribution in [-0.2, 0) is 6.61 Å². The molecule has 31 heavy (non-hydrogen) atoms. The number of alkyl halides is 2. The molecule has 1 aliphatic carbocycles. The van der Waals surface area contributed by atoms with E-state index in [1.165, 1.54) is 6.07 Å². The fraction of sp³-hybridized carbons (Fsp3) is 0.391. The molecule has 0 spiro atoms. The Morgan fingerprint density at radius 1 is 1.19 bits per heavy atom. The maximum atomic E-state index is 14.0. The van der Waals surface area contributed by atoms with Gasteiger partial charge >= 0.3 is 0 Å². The van der Waals surface area contributed by atoms with Crippen LogP contribution in [-0.4, -0.2) is 20.9 Å². The van der Waals surface area contributed by atoms with Crippen molar-refractivity contribution in [2.24, 2.45) is 0 Å². The van der Waals surface area contributed by atoms with Crippen LogP contribution in [0.3, 0.4) is 0 Å². The Morgan fingerprint density at radius 3 is 2.61 bits per heavy atom. The molecule has 0 amide bonds. The number of aromatic amines is 1. The van der Waals surface area contributed by atoms with E-state index < -0.39 is 11.7 Å². The summed E-state index contributed by atoms with van der Waals surface area (Å²) in [5, 5.41) is 0.381. The first-order valence-electron chi connectivity index (χ1n) is 10.2. The van der Waals surface area contributed by atoms with Gasteiger partial charge < -0.3 is 9.72 Å². The number of hydrogen-bond donors (Lipinski definition) is 1. The van der Waals surface area contributed by atoms with Gasteiger partial charge in [0.25, 0.3) is 0 Å². The standard InChI is InChI=1S/C23H23ClF3N3O/c1-13-9-17(25)18(28-11-13)12-31-19-4-3-16(10-14(19)2)20-21(24)30-22(29-20)15-5-7-23(26,27)8-6-15/h3-4,9-11,15H,5-8,12H2,1-2H3,(H,29,30). The molecule has 1 saturated carbocycles. The van der Waals surface area contributed by atoms with Gasteiger partial charge in [-0.15, -0.1) is 0 Å². The van der Waals surface area contributed by atoms with E-state index in [1.807, 2.05) is 19.1 Å². The molecule has 0 atom stereocenters. The van der Waals surface area contributed by atoms with E-state index in [4.69, 9.17) is 16.3 Å². The topological polar surface area (TPSA) is 50.8 Å². The average Bonchev–Trinajstić information content (AvgIpc) is 3.09. The number of aryl methyl sites for hydroxylation is 2. The third kappa shape index (κ3) is 4.87. The number of ether oxygens (including phenoxy) is 1. The van der Waals surface area contributed by atoms with Gasteiger partial charge in [0.05, 0.1) is 0 Å². The average molecular weight is 450 g/mol. The molecule has 3 aromatic rings. The Labute approximate surface area is 183 Å². The SMILES string of the molecule is Cc1cnc(COc2ccc(-c3nc(C4CCC(F)(F)CC4)[nH]c3Cl)cc2C)c(F)c1. The lowest BCUT2D eigenvalue weighted by Crippen LogP contribution is -2.24. The van der Waals surface area contributed by atoms with Crippen molar-refractivity contribution < 1.29 is 17.9 Å².